The van der Waals surface area contributed by atoms with E-state index in [1.165, 1.54) is 13.1 Å². The summed E-state index contributed by atoms with van der Waals surface area (Å²) in [6.07, 6.45) is 1.18. The second-order valence-electron chi connectivity index (χ2n) is 7.13. The van der Waals surface area contributed by atoms with Crippen LogP contribution in [-0.4, -0.2) is 63.8 Å². The van der Waals surface area contributed by atoms with Gasteiger partial charge in [0.15, 0.2) is 5.78 Å². The van der Waals surface area contributed by atoms with Gasteiger partial charge in [-0.3, -0.25) is 9.59 Å². The van der Waals surface area contributed by atoms with Crippen LogP contribution in [0, 0.1) is 0 Å². The molecule has 1 aromatic rings. The lowest BCUT2D eigenvalue weighted by Crippen LogP contribution is -2.56. The predicted octanol–water partition coefficient (Wildman–Crippen LogP) is 2.30. The first-order chi connectivity index (χ1) is 11.1. The molecule has 1 N–H and O–H groups in total. The zero-order valence-electron chi connectivity index (χ0n) is 14.9. The summed E-state index contributed by atoms with van der Waals surface area (Å²) in [7, 11) is 0. The van der Waals surface area contributed by atoms with E-state index in [1.54, 1.807) is 15.9 Å². The highest BCUT2D eigenvalue weighted by molar-refractivity contribution is 5.99. The van der Waals surface area contributed by atoms with E-state index in [-0.39, 0.29) is 23.8 Å². The molecule has 1 fully saturated rings. The summed E-state index contributed by atoms with van der Waals surface area (Å²) in [4.78, 5) is 42.3. The van der Waals surface area contributed by atoms with Crippen LogP contribution in [0.15, 0.2) is 12.3 Å². The molecule has 24 heavy (non-hydrogen) atoms. The number of aromatic amines is 1. The first-order valence-corrected chi connectivity index (χ1v) is 8.07. The van der Waals surface area contributed by atoms with Crippen molar-refractivity contribution >= 4 is 17.8 Å². The lowest BCUT2D eigenvalue weighted by Gasteiger charge is -2.40. The fraction of sp³-hybridized carbons (Fsp3) is 0.588. The van der Waals surface area contributed by atoms with Gasteiger partial charge in [-0.2, -0.15) is 0 Å². The molecule has 0 aliphatic carbocycles. The number of piperazine rings is 1. The van der Waals surface area contributed by atoms with E-state index in [0.29, 0.717) is 30.9 Å². The second-order valence-corrected chi connectivity index (χ2v) is 7.13. The van der Waals surface area contributed by atoms with Crippen LogP contribution < -0.4 is 0 Å². The Morgan fingerprint density at radius 1 is 1.25 bits per heavy atom. The maximum Gasteiger partial charge on any atom is 0.410 e. The van der Waals surface area contributed by atoms with Crippen molar-refractivity contribution in [2.24, 2.45) is 0 Å². The number of ketones is 1. The molecular weight excluding hydrogens is 310 g/mol. The SMILES string of the molecule is CC(=O)c1c[nH]c(C(=O)N2CCN(C(=O)OC(C)(C)C)CC2C)c1. The third-order valence-electron chi connectivity index (χ3n) is 3.86. The van der Waals surface area contributed by atoms with Gasteiger partial charge >= 0.3 is 6.09 Å². The first-order valence-electron chi connectivity index (χ1n) is 8.07. The van der Waals surface area contributed by atoms with Crippen molar-refractivity contribution in [3.63, 3.8) is 0 Å². The number of carbonyl (C=O) groups is 3. The Kier molecular flexibility index (Phi) is 5.01. The first kappa shape index (κ1) is 18.0. The van der Waals surface area contributed by atoms with Crippen molar-refractivity contribution in [3.8, 4) is 0 Å². The lowest BCUT2D eigenvalue weighted by molar-refractivity contribution is 0.00607. The highest BCUT2D eigenvalue weighted by atomic mass is 16.6. The highest BCUT2D eigenvalue weighted by Crippen LogP contribution is 2.17. The summed E-state index contributed by atoms with van der Waals surface area (Å²) in [6, 6.07) is 1.43. The van der Waals surface area contributed by atoms with Crippen LogP contribution in [0.4, 0.5) is 4.79 Å². The van der Waals surface area contributed by atoms with E-state index in [9.17, 15) is 14.4 Å². The van der Waals surface area contributed by atoms with Gasteiger partial charge in [-0.15, -0.1) is 0 Å². The van der Waals surface area contributed by atoms with Gasteiger partial charge in [-0.05, 0) is 40.7 Å². The average molecular weight is 335 g/mol. The van der Waals surface area contributed by atoms with Crippen molar-refractivity contribution in [3.05, 3.63) is 23.5 Å². The molecule has 7 nitrogen and oxygen atoms in total. The predicted molar refractivity (Wildman–Crippen MR) is 89.1 cm³/mol. The van der Waals surface area contributed by atoms with Crippen LogP contribution >= 0.6 is 0 Å². The Labute approximate surface area is 141 Å². The second kappa shape index (κ2) is 6.67. The van der Waals surface area contributed by atoms with Crippen molar-refractivity contribution in [2.75, 3.05) is 19.6 Å². The van der Waals surface area contributed by atoms with Crippen molar-refractivity contribution in [1.82, 2.24) is 14.8 Å². The Bertz CT molecular complexity index is 645. The Morgan fingerprint density at radius 3 is 2.42 bits per heavy atom. The Balaban J connectivity index is 2.01. The fourth-order valence-corrected chi connectivity index (χ4v) is 2.63. The van der Waals surface area contributed by atoms with Gasteiger partial charge in [0.05, 0.1) is 0 Å². The molecule has 1 aliphatic rings. The van der Waals surface area contributed by atoms with Gasteiger partial charge in [0.2, 0.25) is 0 Å². The largest absolute Gasteiger partial charge is 0.444 e. The third kappa shape index (κ3) is 4.15. The van der Waals surface area contributed by atoms with Crippen molar-refractivity contribution < 1.29 is 19.1 Å². The topological polar surface area (TPSA) is 82.7 Å². The number of H-pyrrole nitrogens is 1. The monoisotopic (exact) mass is 335 g/mol. The summed E-state index contributed by atoms with van der Waals surface area (Å²) in [5.41, 5.74) is 0.330. The molecule has 0 aromatic carbocycles. The molecular formula is C17H25N3O4. The van der Waals surface area contributed by atoms with Crippen molar-refractivity contribution in [1.29, 1.82) is 0 Å². The molecule has 2 amide bonds. The molecule has 132 valence electrons. The molecule has 2 rings (SSSR count). The summed E-state index contributed by atoms with van der Waals surface area (Å²) < 4.78 is 5.38. The quantitative estimate of drug-likeness (QED) is 0.841. The highest BCUT2D eigenvalue weighted by Gasteiger charge is 2.32. The van der Waals surface area contributed by atoms with Gasteiger partial charge in [-0.25, -0.2) is 4.79 Å². The number of hydrogen-bond acceptors (Lipinski definition) is 4. The van der Waals surface area contributed by atoms with Gasteiger partial charge in [-0.1, -0.05) is 0 Å². The maximum atomic E-state index is 12.6. The molecule has 1 aromatic heterocycles. The van der Waals surface area contributed by atoms with E-state index in [0.717, 1.165) is 0 Å². The Morgan fingerprint density at radius 2 is 1.92 bits per heavy atom. The number of nitrogens with zero attached hydrogens (tertiary/aromatic N) is 2. The number of aromatic nitrogens is 1. The Hall–Kier alpha value is -2.31. The average Bonchev–Trinajstić information content (AvgIpc) is 2.94. The maximum absolute atomic E-state index is 12.6. The lowest BCUT2D eigenvalue weighted by atomic mass is 10.1. The third-order valence-corrected chi connectivity index (χ3v) is 3.86. The minimum Gasteiger partial charge on any atom is -0.444 e. The number of Topliss-reactive ketones (excluding diaryl/α,β-unsaturated/α-hetero) is 1. The van der Waals surface area contributed by atoms with E-state index in [1.807, 2.05) is 27.7 Å². The van der Waals surface area contributed by atoms with Crippen LogP contribution in [0.25, 0.3) is 0 Å². The fourth-order valence-electron chi connectivity index (χ4n) is 2.63. The standard InChI is InChI=1S/C17H25N3O4/c1-11-10-19(16(23)24-17(3,4)5)6-7-20(11)15(22)14-8-13(9-18-14)12(2)21/h8-9,11,18H,6-7,10H2,1-5H3. The normalized spacial score (nSPS) is 18.5. The van der Waals surface area contributed by atoms with Gasteiger partial charge < -0.3 is 19.5 Å². The molecule has 1 aliphatic heterocycles. The van der Waals surface area contributed by atoms with E-state index >= 15 is 0 Å². The van der Waals surface area contributed by atoms with Crippen LogP contribution in [0.2, 0.25) is 0 Å². The molecule has 0 bridgehead atoms. The number of nitrogens with one attached hydrogen (secondary N) is 1. The summed E-state index contributed by atoms with van der Waals surface area (Å²) in [5, 5.41) is 0. The number of ether oxygens (including phenoxy) is 1. The van der Waals surface area contributed by atoms with Gasteiger partial charge in [0.25, 0.3) is 5.91 Å². The minimum atomic E-state index is -0.541. The van der Waals surface area contributed by atoms with Gasteiger partial charge in [0, 0.05) is 37.4 Å². The van der Waals surface area contributed by atoms with Crippen LogP contribution in [0.1, 0.15) is 55.5 Å². The summed E-state index contributed by atoms with van der Waals surface area (Å²) in [6.45, 7) is 10.1. The number of hydrogen-bond donors (Lipinski definition) is 1. The van der Waals surface area contributed by atoms with Gasteiger partial charge in [0.1, 0.15) is 11.3 Å². The number of carbonyl (C=O) groups excluding carboxylic acids is 3. The molecule has 0 radical (unpaired) electrons. The van der Waals surface area contributed by atoms with E-state index < -0.39 is 5.60 Å². The number of rotatable bonds is 2. The van der Waals surface area contributed by atoms with Crippen molar-refractivity contribution in [2.45, 2.75) is 46.3 Å². The molecule has 2 heterocycles. The molecule has 7 heteroatoms. The van der Waals surface area contributed by atoms with E-state index in [4.69, 9.17) is 4.74 Å². The molecule has 1 unspecified atom stereocenters. The minimum absolute atomic E-state index is 0.0897. The molecule has 0 saturated carbocycles. The van der Waals surface area contributed by atoms with Crippen LogP contribution in [0.3, 0.4) is 0 Å². The van der Waals surface area contributed by atoms with Crippen LogP contribution in [0.5, 0.6) is 0 Å². The molecule has 0 spiro atoms. The van der Waals surface area contributed by atoms with E-state index in [2.05, 4.69) is 4.98 Å². The summed E-state index contributed by atoms with van der Waals surface area (Å²) >= 11 is 0. The zero-order chi connectivity index (χ0) is 18.1. The smallest absolute Gasteiger partial charge is 0.410 e. The molecule has 1 saturated heterocycles. The summed E-state index contributed by atoms with van der Waals surface area (Å²) in [5.74, 6) is -0.257. The molecule has 1 atom stereocenters. The number of amides is 2. The zero-order valence-corrected chi connectivity index (χ0v) is 14.9. The van der Waals surface area contributed by atoms with Crippen LogP contribution in [-0.2, 0) is 4.74 Å².